The molecule has 0 bridgehead atoms. The Kier molecular flexibility index (Phi) is 6.11. The minimum absolute atomic E-state index is 0.0223. The van der Waals surface area contributed by atoms with Crippen LogP contribution < -0.4 is 0 Å². The van der Waals surface area contributed by atoms with Gasteiger partial charge in [-0.3, -0.25) is 4.79 Å². The minimum atomic E-state index is -0.294. The van der Waals surface area contributed by atoms with Gasteiger partial charge in [-0.25, -0.2) is 4.39 Å². The van der Waals surface area contributed by atoms with E-state index in [-0.39, 0.29) is 23.7 Å². The van der Waals surface area contributed by atoms with Crippen molar-refractivity contribution in [1.29, 1.82) is 0 Å². The van der Waals surface area contributed by atoms with Crippen LogP contribution in [0.15, 0.2) is 53.7 Å². The van der Waals surface area contributed by atoms with Crippen LogP contribution in [-0.2, 0) is 16.2 Å². The number of rotatable bonds is 6. The summed E-state index contributed by atoms with van der Waals surface area (Å²) in [5.41, 5.74) is 2.50. The van der Waals surface area contributed by atoms with Crippen LogP contribution in [0, 0.1) is 11.7 Å². The van der Waals surface area contributed by atoms with E-state index in [4.69, 9.17) is 16.4 Å². The van der Waals surface area contributed by atoms with Crippen LogP contribution in [0.2, 0.25) is 5.02 Å². The van der Waals surface area contributed by atoms with Gasteiger partial charge in [0.2, 0.25) is 5.91 Å². The van der Waals surface area contributed by atoms with Crippen molar-refractivity contribution in [3.8, 4) is 0 Å². The molecule has 1 atom stereocenters. The SMILES string of the molecule is CC(C)C(=O)N(Cc1ccc(F)cc1)C[C@@H]1CC(c2ccccc2Cl)=NO1. The largest absolute Gasteiger partial charge is 0.390 e. The molecule has 1 amide bonds. The Morgan fingerprint density at radius 2 is 1.96 bits per heavy atom. The van der Waals surface area contributed by atoms with Gasteiger partial charge in [-0.2, -0.15) is 0 Å². The molecular weight excluding hydrogens is 367 g/mol. The molecular formula is C21H22ClFN2O2. The number of amides is 1. The lowest BCUT2D eigenvalue weighted by Crippen LogP contribution is -2.39. The number of nitrogens with zero attached hydrogens (tertiary/aromatic N) is 2. The van der Waals surface area contributed by atoms with E-state index >= 15 is 0 Å². The van der Waals surface area contributed by atoms with E-state index in [9.17, 15) is 9.18 Å². The van der Waals surface area contributed by atoms with Gasteiger partial charge in [0.1, 0.15) is 5.82 Å². The number of carbonyl (C=O) groups excluding carboxylic acids is 1. The molecule has 1 heterocycles. The van der Waals surface area contributed by atoms with Crippen LogP contribution in [0.5, 0.6) is 0 Å². The quantitative estimate of drug-likeness (QED) is 0.722. The standard InChI is InChI=1S/C21H22ClFN2O2/c1-14(2)21(26)25(12-15-7-9-16(23)10-8-15)13-17-11-20(24-27-17)18-5-3-4-6-19(18)22/h3-10,14,17H,11-13H2,1-2H3/t17-/m0/s1. The Morgan fingerprint density at radius 3 is 2.63 bits per heavy atom. The zero-order valence-electron chi connectivity index (χ0n) is 15.4. The van der Waals surface area contributed by atoms with Crippen LogP contribution in [0.4, 0.5) is 4.39 Å². The molecule has 4 nitrogen and oxygen atoms in total. The smallest absolute Gasteiger partial charge is 0.225 e. The van der Waals surface area contributed by atoms with Crippen molar-refractivity contribution in [2.75, 3.05) is 6.54 Å². The molecule has 27 heavy (non-hydrogen) atoms. The van der Waals surface area contributed by atoms with Gasteiger partial charge in [-0.1, -0.05) is 60.9 Å². The fourth-order valence-corrected chi connectivity index (χ4v) is 3.28. The van der Waals surface area contributed by atoms with Gasteiger partial charge in [0.25, 0.3) is 0 Å². The first-order valence-electron chi connectivity index (χ1n) is 8.95. The molecule has 0 spiro atoms. The molecule has 0 N–H and O–H groups in total. The second kappa shape index (κ2) is 8.53. The first-order valence-corrected chi connectivity index (χ1v) is 9.32. The third kappa shape index (κ3) is 4.86. The number of hydrogen-bond donors (Lipinski definition) is 0. The molecule has 6 heteroatoms. The summed E-state index contributed by atoms with van der Waals surface area (Å²) in [5.74, 6) is -0.415. The highest BCUT2D eigenvalue weighted by Gasteiger charge is 2.28. The van der Waals surface area contributed by atoms with E-state index in [0.29, 0.717) is 24.5 Å². The van der Waals surface area contributed by atoms with Crippen molar-refractivity contribution in [1.82, 2.24) is 4.90 Å². The van der Waals surface area contributed by atoms with Gasteiger partial charge in [-0.15, -0.1) is 0 Å². The summed E-state index contributed by atoms with van der Waals surface area (Å²) in [6.07, 6.45) is 0.342. The summed E-state index contributed by atoms with van der Waals surface area (Å²) in [6.45, 7) is 4.53. The summed E-state index contributed by atoms with van der Waals surface area (Å²) in [6, 6.07) is 13.7. The highest BCUT2D eigenvalue weighted by molar-refractivity contribution is 6.34. The van der Waals surface area contributed by atoms with Crippen molar-refractivity contribution < 1.29 is 14.0 Å². The van der Waals surface area contributed by atoms with E-state index < -0.39 is 0 Å². The number of halogens is 2. The Morgan fingerprint density at radius 1 is 1.26 bits per heavy atom. The van der Waals surface area contributed by atoms with Crippen LogP contribution >= 0.6 is 11.6 Å². The van der Waals surface area contributed by atoms with Crippen molar-refractivity contribution >= 4 is 23.2 Å². The number of hydrogen-bond acceptors (Lipinski definition) is 3. The molecule has 1 aliphatic rings. The molecule has 0 unspecified atom stereocenters. The predicted octanol–water partition coefficient (Wildman–Crippen LogP) is 4.66. The van der Waals surface area contributed by atoms with Crippen molar-refractivity contribution in [2.45, 2.75) is 32.9 Å². The molecule has 0 aliphatic carbocycles. The van der Waals surface area contributed by atoms with Crippen LogP contribution in [0.25, 0.3) is 0 Å². The molecule has 2 aromatic rings. The van der Waals surface area contributed by atoms with Crippen molar-refractivity contribution in [2.24, 2.45) is 11.1 Å². The van der Waals surface area contributed by atoms with E-state index in [1.165, 1.54) is 12.1 Å². The van der Waals surface area contributed by atoms with E-state index in [1.54, 1.807) is 17.0 Å². The minimum Gasteiger partial charge on any atom is -0.390 e. The molecule has 0 saturated heterocycles. The maximum atomic E-state index is 13.1. The van der Waals surface area contributed by atoms with Gasteiger partial charge in [0, 0.05) is 29.5 Å². The third-order valence-electron chi connectivity index (χ3n) is 4.43. The monoisotopic (exact) mass is 388 g/mol. The van der Waals surface area contributed by atoms with Crippen LogP contribution in [0.1, 0.15) is 31.4 Å². The lowest BCUT2D eigenvalue weighted by molar-refractivity contribution is -0.136. The highest BCUT2D eigenvalue weighted by Crippen LogP contribution is 2.24. The number of oxime groups is 1. The Hall–Kier alpha value is -2.40. The van der Waals surface area contributed by atoms with Gasteiger partial charge in [0.05, 0.1) is 12.3 Å². The van der Waals surface area contributed by atoms with E-state index in [1.807, 2.05) is 38.1 Å². The molecule has 0 aromatic heterocycles. The molecule has 2 aromatic carbocycles. The summed E-state index contributed by atoms with van der Waals surface area (Å²) >= 11 is 6.24. The van der Waals surface area contributed by atoms with Crippen LogP contribution in [0.3, 0.4) is 0 Å². The number of carbonyl (C=O) groups is 1. The maximum Gasteiger partial charge on any atom is 0.225 e. The van der Waals surface area contributed by atoms with E-state index in [0.717, 1.165) is 16.8 Å². The summed E-state index contributed by atoms with van der Waals surface area (Å²) in [5, 5.41) is 4.80. The topological polar surface area (TPSA) is 41.9 Å². The zero-order chi connectivity index (χ0) is 19.4. The van der Waals surface area contributed by atoms with Gasteiger partial charge in [0.15, 0.2) is 6.10 Å². The predicted molar refractivity (Wildman–Crippen MR) is 104 cm³/mol. The molecule has 3 rings (SSSR count). The molecule has 1 aliphatic heterocycles. The Labute approximate surface area is 163 Å². The molecule has 142 valence electrons. The van der Waals surface area contributed by atoms with Crippen molar-refractivity contribution in [3.63, 3.8) is 0 Å². The van der Waals surface area contributed by atoms with Gasteiger partial charge in [-0.05, 0) is 23.8 Å². The first-order chi connectivity index (χ1) is 12.9. The molecule has 0 saturated carbocycles. The average Bonchev–Trinajstić information content (AvgIpc) is 3.11. The molecule has 0 fully saturated rings. The average molecular weight is 389 g/mol. The normalized spacial score (nSPS) is 16.2. The Bertz CT molecular complexity index is 836. The lowest BCUT2D eigenvalue weighted by atomic mass is 10.0. The summed E-state index contributed by atoms with van der Waals surface area (Å²) in [4.78, 5) is 20.0. The zero-order valence-corrected chi connectivity index (χ0v) is 16.1. The highest BCUT2D eigenvalue weighted by atomic mass is 35.5. The Balaban J connectivity index is 1.69. The van der Waals surface area contributed by atoms with E-state index in [2.05, 4.69) is 5.16 Å². The maximum absolute atomic E-state index is 13.1. The first kappa shape index (κ1) is 19.4. The summed E-state index contributed by atoms with van der Waals surface area (Å²) < 4.78 is 13.1. The third-order valence-corrected chi connectivity index (χ3v) is 4.76. The number of benzene rings is 2. The van der Waals surface area contributed by atoms with Crippen LogP contribution in [-0.4, -0.2) is 29.2 Å². The fourth-order valence-electron chi connectivity index (χ4n) is 3.03. The molecule has 0 radical (unpaired) electrons. The van der Waals surface area contributed by atoms with Gasteiger partial charge >= 0.3 is 0 Å². The lowest BCUT2D eigenvalue weighted by Gasteiger charge is -2.26. The summed E-state index contributed by atoms with van der Waals surface area (Å²) in [7, 11) is 0. The fraction of sp³-hybridized carbons (Fsp3) is 0.333. The van der Waals surface area contributed by atoms with Crippen molar-refractivity contribution in [3.05, 3.63) is 70.5 Å². The second-order valence-corrected chi connectivity index (χ2v) is 7.36. The second-order valence-electron chi connectivity index (χ2n) is 6.95. The van der Waals surface area contributed by atoms with Gasteiger partial charge < -0.3 is 9.74 Å².